The maximum Gasteiger partial charge on any atom is 0.255 e. The summed E-state index contributed by atoms with van der Waals surface area (Å²) >= 11 is 0. The van der Waals surface area contributed by atoms with Crippen molar-refractivity contribution in [2.24, 2.45) is 0 Å². The van der Waals surface area contributed by atoms with Crippen LogP contribution in [-0.2, 0) is 0 Å². The van der Waals surface area contributed by atoms with Crippen LogP contribution in [0.1, 0.15) is 10.4 Å². The number of benzene rings is 2. The SMILES string of the molecule is COc1ccc(C(=O)Nc2c(F)cccc2F)cc1. The highest BCUT2D eigenvalue weighted by Gasteiger charge is 2.13. The molecule has 0 saturated heterocycles. The van der Waals surface area contributed by atoms with E-state index in [2.05, 4.69) is 5.32 Å². The third-order valence-corrected chi connectivity index (χ3v) is 2.55. The summed E-state index contributed by atoms with van der Waals surface area (Å²) in [7, 11) is 1.50. The van der Waals surface area contributed by atoms with Gasteiger partial charge in [-0.25, -0.2) is 8.78 Å². The molecule has 19 heavy (non-hydrogen) atoms. The average molecular weight is 263 g/mol. The molecule has 0 aliphatic carbocycles. The van der Waals surface area contributed by atoms with Crippen LogP contribution < -0.4 is 10.1 Å². The molecule has 0 aliphatic rings. The van der Waals surface area contributed by atoms with Crippen molar-refractivity contribution in [1.82, 2.24) is 0 Å². The van der Waals surface area contributed by atoms with Gasteiger partial charge in [0.05, 0.1) is 7.11 Å². The van der Waals surface area contributed by atoms with Gasteiger partial charge in [-0.2, -0.15) is 0 Å². The summed E-state index contributed by atoms with van der Waals surface area (Å²) in [5, 5.41) is 2.20. The maximum atomic E-state index is 13.4. The third-order valence-electron chi connectivity index (χ3n) is 2.55. The van der Waals surface area contributed by atoms with E-state index in [4.69, 9.17) is 4.74 Å². The zero-order valence-electron chi connectivity index (χ0n) is 10.1. The fourth-order valence-corrected chi connectivity index (χ4v) is 1.55. The molecule has 98 valence electrons. The van der Waals surface area contributed by atoms with Crippen LogP contribution in [0.25, 0.3) is 0 Å². The zero-order chi connectivity index (χ0) is 13.8. The Labute approximate surface area is 108 Å². The molecule has 0 saturated carbocycles. The first-order chi connectivity index (χ1) is 9.11. The first-order valence-corrected chi connectivity index (χ1v) is 5.51. The first kappa shape index (κ1) is 13.0. The Kier molecular flexibility index (Phi) is 3.75. The number of ether oxygens (including phenoxy) is 1. The minimum Gasteiger partial charge on any atom is -0.497 e. The molecule has 2 rings (SSSR count). The van der Waals surface area contributed by atoms with Crippen LogP contribution in [0.15, 0.2) is 42.5 Å². The van der Waals surface area contributed by atoms with E-state index in [1.165, 1.54) is 25.3 Å². The van der Waals surface area contributed by atoms with Gasteiger partial charge in [0.2, 0.25) is 0 Å². The Morgan fingerprint density at radius 1 is 1.05 bits per heavy atom. The predicted octanol–water partition coefficient (Wildman–Crippen LogP) is 3.23. The summed E-state index contributed by atoms with van der Waals surface area (Å²) in [6.07, 6.45) is 0. The largest absolute Gasteiger partial charge is 0.497 e. The van der Waals surface area contributed by atoms with E-state index in [1.54, 1.807) is 12.1 Å². The standard InChI is InChI=1S/C14H11F2NO2/c1-19-10-7-5-9(6-8-10)14(18)17-13-11(15)3-2-4-12(13)16/h2-8H,1H3,(H,17,18). The molecule has 5 heteroatoms. The first-order valence-electron chi connectivity index (χ1n) is 5.51. The summed E-state index contributed by atoms with van der Waals surface area (Å²) in [4.78, 5) is 11.8. The minimum absolute atomic E-state index is 0.281. The van der Waals surface area contributed by atoms with E-state index in [0.29, 0.717) is 5.75 Å². The number of anilines is 1. The van der Waals surface area contributed by atoms with Gasteiger partial charge >= 0.3 is 0 Å². The number of hydrogen-bond donors (Lipinski definition) is 1. The summed E-state index contributed by atoms with van der Waals surface area (Å²) < 4.78 is 31.7. The summed E-state index contributed by atoms with van der Waals surface area (Å²) in [6, 6.07) is 9.58. The van der Waals surface area contributed by atoms with Crippen molar-refractivity contribution in [2.75, 3.05) is 12.4 Å². The lowest BCUT2D eigenvalue weighted by Gasteiger charge is -2.08. The lowest BCUT2D eigenvalue weighted by molar-refractivity contribution is 0.102. The second-order valence-electron chi connectivity index (χ2n) is 3.78. The van der Waals surface area contributed by atoms with Gasteiger partial charge in [0.15, 0.2) is 0 Å². The number of amides is 1. The van der Waals surface area contributed by atoms with Crippen LogP contribution in [0.3, 0.4) is 0 Å². The molecule has 0 radical (unpaired) electrons. The molecule has 0 atom stereocenters. The van der Waals surface area contributed by atoms with Crippen molar-refractivity contribution >= 4 is 11.6 Å². The van der Waals surface area contributed by atoms with Crippen LogP contribution in [0.4, 0.5) is 14.5 Å². The van der Waals surface area contributed by atoms with E-state index >= 15 is 0 Å². The van der Waals surface area contributed by atoms with E-state index in [1.807, 2.05) is 0 Å². The predicted molar refractivity (Wildman–Crippen MR) is 67.3 cm³/mol. The molecule has 1 amide bonds. The summed E-state index contributed by atoms with van der Waals surface area (Å²) in [6.45, 7) is 0. The average Bonchev–Trinajstić information content (AvgIpc) is 2.43. The van der Waals surface area contributed by atoms with Crippen LogP contribution in [0, 0.1) is 11.6 Å². The number of halogens is 2. The monoisotopic (exact) mass is 263 g/mol. The van der Waals surface area contributed by atoms with Gasteiger partial charge in [0.25, 0.3) is 5.91 Å². The van der Waals surface area contributed by atoms with E-state index in [-0.39, 0.29) is 5.56 Å². The zero-order valence-corrected chi connectivity index (χ0v) is 10.1. The number of rotatable bonds is 3. The molecule has 0 fully saturated rings. The van der Waals surface area contributed by atoms with Gasteiger partial charge in [0, 0.05) is 5.56 Å². The van der Waals surface area contributed by atoms with Gasteiger partial charge in [-0.1, -0.05) is 6.07 Å². The van der Waals surface area contributed by atoms with E-state index < -0.39 is 23.2 Å². The molecule has 3 nitrogen and oxygen atoms in total. The highest BCUT2D eigenvalue weighted by molar-refractivity contribution is 6.04. The Morgan fingerprint density at radius 3 is 2.16 bits per heavy atom. The van der Waals surface area contributed by atoms with Crippen molar-refractivity contribution in [2.45, 2.75) is 0 Å². The van der Waals surface area contributed by atoms with Crippen molar-refractivity contribution in [1.29, 1.82) is 0 Å². The van der Waals surface area contributed by atoms with Gasteiger partial charge < -0.3 is 10.1 Å². The van der Waals surface area contributed by atoms with Crippen molar-refractivity contribution < 1.29 is 18.3 Å². The molecule has 1 N–H and O–H groups in total. The summed E-state index contributed by atoms with van der Waals surface area (Å²) in [5.74, 6) is -1.64. The Bertz CT molecular complexity index is 577. The van der Waals surface area contributed by atoms with Gasteiger partial charge in [-0.15, -0.1) is 0 Å². The maximum absolute atomic E-state index is 13.4. The quantitative estimate of drug-likeness (QED) is 0.923. The Balaban J connectivity index is 2.20. The lowest BCUT2D eigenvalue weighted by Crippen LogP contribution is -2.14. The molecular formula is C14H11F2NO2. The van der Waals surface area contributed by atoms with Gasteiger partial charge in [-0.3, -0.25) is 4.79 Å². The fraction of sp³-hybridized carbons (Fsp3) is 0.0714. The number of para-hydroxylation sites is 1. The minimum atomic E-state index is -0.818. The second kappa shape index (κ2) is 5.48. The van der Waals surface area contributed by atoms with Crippen molar-refractivity contribution in [3.05, 3.63) is 59.7 Å². The highest BCUT2D eigenvalue weighted by atomic mass is 19.1. The molecule has 0 heterocycles. The Hall–Kier alpha value is -2.43. The van der Waals surface area contributed by atoms with Crippen LogP contribution in [-0.4, -0.2) is 13.0 Å². The van der Waals surface area contributed by atoms with Crippen LogP contribution in [0.2, 0.25) is 0 Å². The number of methoxy groups -OCH3 is 1. The smallest absolute Gasteiger partial charge is 0.255 e. The number of carbonyl (C=O) groups is 1. The van der Waals surface area contributed by atoms with Gasteiger partial charge in [-0.05, 0) is 36.4 Å². The number of nitrogens with one attached hydrogen (secondary N) is 1. The fourth-order valence-electron chi connectivity index (χ4n) is 1.55. The van der Waals surface area contributed by atoms with E-state index in [9.17, 15) is 13.6 Å². The lowest BCUT2D eigenvalue weighted by atomic mass is 10.2. The van der Waals surface area contributed by atoms with Crippen molar-refractivity contribution in [3.63, 3.8) is 0 Å². The molecule has 2 aromatic rings. The van der Waals surface area contributed by atoms with Crippen molar-refractivity contribution in [3.8, 4) is 5.75 Å². The molecular weight excluding hydrogens is 252 g/mol. The van der Waals surface area contributed by atoms with Crippen LogP contribution >= 0.6 is 0 Å². The number of hydrogen-bond acceptors (Lipinski definition) is 2. The molecule has 0 spiro atoms. The van der Waals surface area contributed by atoms with Gasteiger partial charge in [0.1, 0.15) is 23.1 Å². The van der Waals surface area contributed by atoms with Crippen LogP contribution in [0.5, 0.6) is 5.75 Å². The Morgan fingerprint density at radius 2 is 1.63 bits per heavy atom. The molecule has 0 unspecified atom stereocenters. The summed E-state index contributed by atoms with van der Waals surface area (Å²) in [5.41, 5.74) is -0.174. The molecule has 0 aromatic heterocycles. The number of carbonyl (C=O) groups excluding carboxylic acids is 1. The topological polar surface area (TPSA) is 38.3 Å². The molecule has 0 aliphatic heterocycles. The normalized spacial score (nSPS) is 10.1. The highest BCUT2D eigenvalue weighted by Crippen LogP contribution is 2.19. The van der Waals surface area contributed by atoms with E-state index in [0.717, 1.165) is 12.1 Å². The molecule has 0 bridgehead atoms. The second-order valence-corrected chi connectivity index (χ2v) is 3.78. The third kappa shape index (κ3) is 2.88. The molecule has 2 aromatic carbocycles.